The number of nitrogens with zero attached hydrogens (tertiary/aromatic N) is 2. The number of aromatic nitrogens is 2. The second-order valence-corrected chi connectivity index (χ2v) is 5.10. The molecule has 94 valence electrons. The van der Waals surface area contributed by atoms with E-state index < -0.39 is 5.97 Å². The Kier molecular flexibility index (Phi) is 4.04. The van der Waals surface area contributed by atoms with Crippen molar-refractivity contribution < 1.29 is 9.90 Å². The largest absolute Gasteiger partial charge is 0.478 e. The summed E-state index contributed by atoms with van der Waals surface area (Å²) in [5.74, 6) is -0.182. The molecule has 5 nitrogen and oxygen atoms in total. The zero-order valence-electron chi connectivity index (χ0n) is 10.7. The molecule has 1 rings (SSSR count). The van der Waals surface area contributed by atoms with Crippen molar-refractivity contribution >= 4 is 11.8 Å². The summed E-state index contributed by atoms with van der Waals surface area (Å²) < 4.78 is 0. The highest BCUT2D eigenvalue weighted by Crippen LogP contribution is 2.26. The van der Waals surface area contributed by atoms with Gasteiger partial charge in [0.25, 0.3) is 0 Å². The summed E-state index contributed by atoms with van der Waals surface area (Å²) >= 11 is 0. The van der Waals surface area contributed by atoms with Crippen molar-refractivity contribution in [2.75, 3.05) is 11.9 Å². The van der Waals surface area contributed by atoms with Crippen molar-refractivity contribution in [3.8, 4) is 0 Å². The second-order valence-electron chi connectivity index (χ2n) is 5.10. The normalized spacial score (nSPS) is 11.6. The van der Waals surface area contributed by atoms with Gasteiger partial charge in [0.15, 0.2) is 5.82 Å². The maximum Gasteiger partial charge on any atom is 0.339 e. The highest BCUT2D eigenvalue weighted by Gasteiger charge is 2.23. The smallest absolute Gasteiger partial charge is 0.339 e. The van der Waals surface area contributed by atoms with Crippen LogP contribution in [-0.2, 0) is 0 Å². The summed E-state index contributed by atoms with van der Waals surface area (Å²) in [6, 6.07) is 1.44. The van der Waals surface area contributed by atoms with Gasteiger partial charge in [-0.2, -0.15) is 5.10 Å². The first-order valence-electron chi connectivity index (χ1n) is 5.63. The van der Waals surface area contributed by atoms with Gasteiger partial charge in [-0.15, -0.1) is 5.10 Å². The molecule has 2 N–H and O–H groups in total. The maximum absolute atomic E-state index is 11.0. The van der Waals surface area contributed by atoms with Crippen LogP contribution < -0.4 is 5.32 Å². The standard InChI is InChI=1S/C12H19N3O2/c1-8(2)12(3,4)7-13-10-9(11(16)17)5-6-14-15-10/h5-6,8H,7H2,1-4H3,(H,13,15)(H,16,17). The monoisotopic (exact) mass is 237 g/mol. The molecule has 0 fully saturated rings. The van der Waals surface area contributed by atoms with E-state index in [0.29, 0.717) is 18.3 Å². The summed E-state index contributed by atoms with van der Waals surface area (Å²) in [5, 5.41) is 19.6. The van der Waals surface area contributed by atoms with Crippen LogP contribution in [0.2, 0.25) is 0 Å². The van der Waals surface area contributed by atoms with Gasteiger partial charge in [-0.3, -0.25) is 0 Å². The highest BCUT2D eigenvalue weighted by atomic mass is 16.4. The lowest BCUT2D eigenvalue weighted by Gasteiger charge is -2.29. The topological polar surface area (TPSA) is 75.1 Å². The van der Waals surface area contributed by atoms with Gasteiger partial charge >= 0.3 is 5.97 Å². The average Bonchev–Trinajstić information content (AvgIpc) is 2.26. The van der Waals surface area contributed by atoms with Gasteiger partial charge in [-0.25, -0.2) is 4.79 Å². The molecule has 0 aliphatic carbocycles. The summed E-state index contributed by atoms with van der Waals surface area (Å²) in [6.07, 6.45) is 1.38. The Morgan fingerprint density at radius 2 is 2.18 bits per heavy atom. The molecule has 0 amide bonds. The lowest BCUT2D eigenvalue weighted by Crippen LogP contribution is -2.29. The van der Waals surface area contributed by atoms with E-state index in [1.165, 1.54) is 12.3 Å². The Morgan fingerprint density at radius 3 is 2.71 bits per heavy atom. The molecule has 0 aliphatic heterocycles. The minimum atomic E-state index is -0.996. The molecule has 0 saturated carbocycles. The second kappa shape index (κ2) is 5.12. The SMILES string of the molecule is CC(C)C(C)(C)CNc1nnccc1C(=O)O. The van der Waals surface area contributed by atoms with Crippen LogP contribution in [0.5, 0.6) is 0 Å². The molecule has 0 aromatic carbocycles. The van der Waals surface area contributed by atoms with Gasteiger partial charge in [-0.05, 0) is 17.4 Å². The van der Waals surface area contributed by atoms with Gasteiger partial charge in [0.2, 0.25) is 0 Å². The fraction of sp³-hybridized carbons (Fsp3) is 0.583. The lowest BCUT2D eigenvalue weighted by molar-refractivity contribution is 0.0697. The first-order valence-corrected chi connectivity index (χ1v) is 5.63. The van der Waals surface area contributed by atoms with Crippen molar-refractivity contribution in [2.45, 2.75) is 27.7 Å². The number of nitrogens with one attached hydrogen (secondary N) is 1. The summed E-state index contributed by atoms with van der Waals surface area (Å²) in [5.41, 5.74) is 0.215. The number of aromatic carboxylic acids is 1. The van der Waals surface area contributed by atoms with E-state index in [0.717, 1.165) is 0 Å². The Balaban J connectivity index is 2.79. The van der Waals surface area contributed by atoms with Crippen LogP contribution in [0.15, 0.2) is 12.3 Å². The van der Waals surface area contributed by atoms with Crippen LogP contribution in [0.1, 0.15) is 38.1 Å². The van der Waals surface area contributed by atoms with Crippen LogP contribution in [0, 0.1) is 11.3 Å². The summed E-state index contributed by atoms with van der Waals surface area (Å²) in [4.78, 5) is 11.0. The van der Waals surface area contributed by atoms with Crippen molar-refractivity contribution in [1.29, 1.82) is 0 Å². The average molecular weight is 237 g/mol. The number of rotatable bonds is 5. The van der Waals surface area contributed by atoms with Crippen LogP contribution in [-0.4, -0.2) is 27.8 Å². The Bertz CT molecular complexity index is 402. The fourth-order valence-corrected chi connectivity index (χ4v) is 1.15. The predicted octanol–water partition coefficient (Wildman–Crippen LogP) is 2.27. The zero-order valence-corrected chi connectivity index (χ0v) is 10.7. The van der Waals surface area contributed by atoms with E-state index in [4.69, 9.17) is 5.11 Å². The van der Waals surface area contributed by atoms with Gasteiger partial charge < -0.3 is 10.4 Å². The third kappa shape index (κ3) is 3.41. The first kappa shape index (κ1) is 13.4. The van der Waals surface area contributed by atoms with E-state index in [2.05, 4.69) is 43.2 Å². The van der Waals surface area contributed by atoms with Gasteiger partial charge in [-0.1, -0.05) is 27.7 Å². The third-order valence-corrected chi connectivity index (χ3v) is 3.23. The van der Waals surface area contributed by atoms with Crippen molar-refractivity contribution in [3.05, 3.63) is 17.8 Å². The molecule has 0 radical (unpaired) electrons. The number of anilines is 1. The molecule has 0 aliphatic rings. The Hall–Kier alpha value is -1.65. The Morgan fingerprint density at radius 1 is 1.53 bits per heavy atom. The number of carboxylic acid groups (broad SMARTS) is 1. The van der Waals surface area contributed by atoms with E-state index >= 15 is 0 Å². The van der Waals surface area contributed by atoms with E-state index in [1.807, 2.05) is 0 Å². The van der Waals surface area contributed by atoms with Gasteiger partial charge in [0.05, 0.1) is 6.20 Å². The first-order chi connectivity index (χ1) is 7.84. The molecule has 0 saturated heterocycles. The van der Waals surface area contributed by atoms with Crippen molar-refractivity contribution in [1.82, 2.24) is 10.2 Å². The lowest BCUT2D eigenvalue weighted by atomic mass is 9.81. The van der Waals surface area contributed by atoms with E-state index in [1.54, 1.807) is 0 Å². The molecule has 17 heavy (non-hydrogen) atoms. The fourth-order valence-electron chi connectivity index (χ4n) is 1.15. The molecule has 1 heterocycles. The number of carbonyl (C=O) groups is 1. The molecule has 0 bridgehead atoms. The predicted molar refractivity (Wildman–Crippen MR) is 66.1 cm³/mol. The molecule has 5 heteroatoms. The molecule has 1 aromatic rings. The molecule has 1 aromatic heterocycles. The van der Waals surface area contributed by atoms with Crippen LogP contribution in [0.4, 0.5) is 5.82 Å². The van der Waals surface area contributed by atoms with Gasteiger partial charge in [0, 0.05) is 6.54 Å². The van der Waals surface area contributed by atoms with Crippen LogP contribution >= 0.6 is 0 Å². The molecule has 0 unspecified atom stereocenters. The number of hydrogen-bond acceptors (Lipinski definition) is 4. The van der Waals surface area contributed by atoms with Crippen molar-refractivity contribution in [3.63, 3.8) is 0 Å². The molecular weight excluding hydrogens is 218 g/mol. The van der Waals surface area contributed by atoms with E-state index in [9.17, 15) is 4.79 Å². The van der Waals surface area contributed by atoms with E-state index in [-0.39, 0.29) is 11.0 Å². The highest BCUT2D eigenvalue weighted by molar-refractivity contribution is 5.92. The Labute approximate surface area is 101 Å². The van der Waals surface area contributed by atoms with Crippen LogP contribution in [0.25, 0.3) is 0 Å². The molecular formula is C12H19N3O2. The summed E-state index contributed by atoms with van der Waals surface area (Å²) in [7, 11) is 0. The molecule has 0 spiro atoms. The minimum absolute atomic E-state index is 0.0628. The zero-order chi connectivity index (χ0) is 13.1. The summed E-state index contributed by atoms with van der Waals surface area (Å²) in [6.45, 7) is 9.18. The molecule has 0 atom stereocenters. The third-order valence-electron chi connectivity index (χ3n) is 3.23. The van der Waals surface area contributed by atoms with Gasteiger partial charge in [0.1, 0.15) is 5.56 Å². The van der Waals surface area contributed by atoms with Crippen LogP contribution in [0.3, 0.4) is 0 Å². The quantitative estimate of drug-likeness (QED) is 0.821. The number of hydrogen-bond donors (Lipinski definition) is 2. The minimum Gasteiger partial charge on any atom is -0.478 e. The maximum atomic E-state index is 11.0. The van der Waals surface area contributed by atoms with Crippen molar-refractivity contribution in [2.24, 2.45) is 11.3 Å². The number of carboxylic acids is 1.